The number of hydrogen-bond donors (Lipinski definition) is 1. The average molecular weight is 280 g/mol. The second-order valence-corrected chi connectivity index (χ2v) is 6.57. The fraction of sp³-hybridized carbons (Fsp3) is 0.647. The lowest BCUT2D eigenvalue weighted by Gasteiger charge is -2.38. The van der Waals surface area contributed by atoms with Gasteiger partial charge in [0.05, 0.1) is 0 Å². The molecule has 1 rings (SSSR count). The molecule has 0 aliphatic rings. The lowest BCUT2D eigenvalue weighted by molar-refractivity contribution is 0.329. The van der Waals surface area contributed by atoms with Crippen LogP contribution in [-0.4, -0.2) is 19.6 Å². The van der Waals surface area contributed by atoms with Gasteiger partial charge in [-0.05, 0) is 37.4 Å². The Kier molecular flexibility index (Phi) is 6.00. The van der Waals surface area contributed by atoms with Gasteiger partial charge in [0, 0.05) is 30.9 Å². The predicted octanol–water partition coefficient (Wildman–Crippen LogP) is 4.20. The summed E-state index contributed by atoms with van der Waals surface area (Å²) in [6.07, 6.45) is 1.05. The summed E-state index contributed by atoms with van der Waals surface area (Å²) in [6, 6.07) is 5.67. The van der Waals surface area contributed by atoms with E-state index in [1.165, 1.54) is 0 Å². The van der Waals surface area contributed by atoms with E-state index in [-0.39, 0.29) is 11.2 Å². The molecule has 1 N–H and O–H groups in total. The van der Waals surface area contributed by atoms with E-state index in [9.17, 15) is 4.39 Å². The SMILES string of the molecule is CCCNCc1c(F)cccc1N(C)C(C)C(C)(C)C. The van der Waals surface area contributed by atoms with Gasteiger partial charge in [-0.2, -0.15) is 0 Å². The highest BCUT2D eigenvalue weighted by Gasteiger charge is 2.25. The van der Waals surface area contributed by atoms with Crippen molar-refractivity contribution in [2.75, 3.05) is 18.5 Å². The van der Waals surface area contributed by atoms with Crippen LogP contribution >= 0.6 is 0 Å². The van der Waals surface area contributed by atoms with Gasteiger partial charge in [-0.25, -0.2) is 4.39 Å². The van der Waals surface area contributed by atoms with Crippen molar-refractivity contribution in [3.63, 3.8) is 0 Å². The normalized spacial score (nSPS) is 13.3. The van der Waals surface area contributed by atoms with Crippen molar-refractivity contribution >= 4 is 5.69 Å². The zero-order valence-corrected chi connectivity index (χ0v) is 13.8. The summed E-state index contributed by atoms with van der Waals surface area (Å²) in [4.78, 5) is 2.19. The minimum Gasteiger partial charge on any atom is -0.371 e. The quantitative estimate of drug-likeness (QED) is 0.786. The molecule has 0 saturated carbocycles. The van der Waals surface area contributed by atoms with Crippen molar-refractivity contribution in [3.05, 3.63) is 29.6 Å². The van der Waals surface area contributed by atoms with Crippen molar-refractivity contribution in [1.82, 2.24) is 5.32 Å². The monoisotopic (exact) mass is 280 g/mol. The van der Waals surface area contributed by atoms with Crippen LogP contribution < -0.4 is 10.2 Å². The Labute approximate surface area is 123 Å². The maximum Gasteiger partial charge on any atom is 0.129 e. The van der Waals surface area contributed by atoms with E-state index < -0.39 is 0 Å². The van der Waals surface area contributed by atoms with Gasteiger partial charge in [-0.1, -0.05) is 33.8 Å². The number of rotatable bonds is 6. The minimum absolute atomic E-state index is 0.126. The van der Waals surface area contributed by atoms with Crippen LogP contribution in [0.25, 0.3) is 0 Å². The molecule has 1 aromatic carbocycles. The summed E-state index contributed by atoms with van der Waals surface area (Å²) in [5.74, 6) is -0.126. The summed E-state index contributed by atoms with van der Waals surface area (Å²) < 4.78 is 14.1. The van der Waals surface area contributed by atoms with Crippen molar-refractivity contribution in [3.8, 4) is 0 Å². The van der Waals surface area contributed by atoms with E-state index in [2.05, 4.69) is 44.8 Å². The molecule has 0 aromatic heterocycles. The van der Waals surface area contributed by atoms with Crippen molar-refractivity contribution in [1.29, 1.82) is 0 Å². The maximum atomic E-state index is 14.1. The Morgan fingerprint density at radius 2 is 1.95 bits per heavy atom. The molecule has 0 bridgehead atoms. The van der Waals surface area contributed by atoms with E-state index in [0.717, 1.165) is 24.2 Å². The fourth-order valence-electron chi connectivity index (χ4n) is 2.23. The fourth-order valence-corrected chi connectivity index (χ4v) is 2.23. The predicted molar refractivity (Wildman–Crippen MR) is 85.7 cm³/mol. The number of anilines is 1. The Hall–Kier alpha value is -1.09. The third-order valence-electron chi connectivity index (χ3n) is 4.04. The lowest BCUT2D eigenvalue weighted by Crippen LogP contribution is -2.40. The van der Waals surface area contributed by atoms with Crippen molar-refractivity contribution in [2.45, 2.75) is 53.6 Å². The van der Waals surface area contributed by atoms with Crippen LogP contribution in [0.4, 0.5) is 10.1 Å². The van der Waals surface area contributed by atoms with E-state index in [1.807, 2.05) is 13.1 Å². The largest absolute Gasteiger partial charge is 0.371 e. The van der Waals surface area contributed by atoms with E-state index >= 15 is 0 Å². The third kappa shape index (κ3) is 4.20. The van der Waals surface area contributed by atoms with Gasteiger partial charge in [-0.15, -0.1) is 0 Å². The smallest absolute Gasteiger partial charge is 0.129 e. The van der Waals surface area contributed by atoms with Crippen molar-refractivity contribution < 1.29 is 4.39 Å². The number of halogens is 1. The standard InChI is InChI=1S/C17H29FN2/c1-7-11-19-12-14-15(18)9-8-10-16(14)20(6)13(2)17(3,4)5/h8-10,13,19H,7,11-12H2,1-6H3. The molecule has 1 aromatic rings. The van der Waals surface area contributed by atoms with Gasteiger partial charge in [0.25, 0.3) is 0 Å². The van der Waals surface area contributed by atoms with Gasteiger partial charge in [0.1, 0.15) is 5.82 Å². The van der Waals surface area contributed by atoms with Crippen LogP contribution in [0.2, 0.25) is 0 Å². The van der Waals surface area contributed by atoms with E-state index in [1.54, 1.807) is 12.1 Å². The molecule has 0 saturated heterocycles. The van der Waals surface area contributed by atoms with E-state index in [0.29, 0.717) is 12.6 Å². The van der Waals surface area contributed by atoms with Crippen LogP contribution in [0.5, 0.6) is 0 Å². The lowest BCUT2D eigenvalue weighted by atomic mass is 9.86. The molecule has 0 aliphatic heterocycles. The first-order valence-electron chi connectivity index (χ1n) is 7.50. The molecular formula is C17H29FN2. The molecule has 3 heteroatoms. The highest BCUT2D eigenvalue weighted by molar-refractivity contribution is 5.54. The Balaban J connectivity index is 3.01. The minimum atomic E-state index is -0.126. The van der Waals surface area contributed by atoms with Crippen LogP contribution in [0.3, 0.4) is 0 Å². The highest BCUT2D eigenvalue weighted by atomic mass is 19.1. The summed E-state index contributed by atoms with van der Waals surface area (Å²) in [7, 11) is 2.05. The summed E-state index contributed by atoms with van der Waals surface area (Å²) in [5.41, 5.74) is 1.89. The number of benzene rings is 1. The highest BCUT2D eigenvalue weighted by Crippen LogP contribution is 2.30. The zero-order valence-electron chi connectivity index (χ0n) is 13.8. The molecule has 0 aliphatic carbocycles. The molecule has 1 unspecified atom stereocenters. The molecule has 0 heterocycles. The molecule has 2 nitrogen and oxygen atoms in total. The van der Waals surface area contributed by atoms with Crippen LogP contribution in [0, 0.1) is 11.2 Å². The third-order valence-corrected chi connectivity index (χ3v) is 4.04. The summed E-state index contributed by atoms with van der Waals surface area (Å²) >= 11 is 0. The molecule has 0 amide bonds. The molecule has 1 atom stereocenters. The van der Waals surface area contributed by atoms with Crippen LogP contribution in [0.15, 0.2) is 18.2 Å². The second kappa shape index (κ2) is 7.07. The second-order valence-electron chi connectivity index (χ2n) is 6.57. The average Bonchev–Trinajstić information content (AvgIpc) is 2.38. The Morgan fingerprint density at radius 3 is 2.50 bits per heavy atom. The van der Waals surface area contributed by atoms with Gasteiger partial charge < -0.3 is 10.2 Å². The van der Waals surface area contributed by atoms with Gasteiger partial charge in [-0.3, -0.25) is 0 Å². The zero-order chi connectivity index (χ0) is 15.3. The summed E-state index contributed by atoms with van der Waals surface area (Å²) in [5, 5.41) is 3.30. The Morgan fingerprint density at radius 1 is 1.30 bits per heavy atom. The molecule has 114 valence electrons. The first kappa shape index (κ1) is 17.0. The molecular weight excluding hydrogens is 251 g/mol. The number of hydrogen-bond acceptors (Lipinski definition) is 2. The molecule has 0 radical (unpaired) electrons. The first-order valence-corrected chi connectivity index (χ1v) is 7.50. The maximum absolute atomic E-state index is 14.1. The molecule has 0 fully saturated rings. The topological polar surface area (TPSA) is 15.3 Å². The number of nitrogens with one attached hydrogen (secondary N) is 1. The van der Waals surface area contributed by atoms with Crippen LogP contribution in [-0.2, 0) is 6.54 Å². The van der Waals surface area contributed by atoms with Gasteiger partial charge in [0.2, 0.25) is 0 Å². The molecule has 20 heavy (non-hydrogen) atoms. The van der Waals surface area contributed by atoms with Crippen molar-refractivity contribution in [2.24, 2.45) is 5.41 Å². The van der Waals surface area contributed by atoms with Gasteiger partial charge >= 0.3 is 0 Å². The first-order chi connectivity index (χ1) is 9.29. The van der Waals surface area contributed by atoms with Gasteiger partial charge in [0.15, 0.2) is 0 Å². The summed E-state index contributed by atoms with van der Waals surface area (Å²) in [6.45, 7) is 12.4. The van der Waals surface area contributed by atoms with E-state index in [4.69, 9.17) is 0 Å². The molecule has 0 spiro atoms. The Bertz CT molecular complexity index is 423. The van der Waals surface area contributed by atoms with Crippen LogP contribution in [0.1, 0.15) is 46.6 Å². The number of nitrogens with zero attached hydrogens (tertiary/aromatic N) is 1.